The van der Waals surface area contributed by atoms with E-state index in [0.717, 1.165) is 0 Å². The van der Waals surface area contributed by atoms with Crippen molar-refractivity contribution < 1.29 is 19.1 Å². The van der Waals surface area contributed by atoms with Gasteiger partial charge in [0.1, 0.15) is 5.75 Å². The highest BCUT2D eigenvalue weighted by Gasteiger charge is 2.14. The lowest BCUT2D eigenvalue weighted by atomic mass is 10.1. The van der Waals surface area contributed by atoms with E-state index < -0.39 is 11.9 Å². The first-order valence-corrected chi connectivity index (χ1v) is 7.11. The molecule has 0 spiro atoms. The molecule has 0 bridgehead atoms. The molecule has 1 aromatic heterocycles. The van der Waals surface area contributed by atoms with E-state index in [1.165, 1.54) is 37.4 Å². The number of hydrogen-bond acceptors (Lipinski definition) is 5. The van der Waals surface area contributed by atoms with E-state index in [0.29, 0.717) is 16.5 Å². The van der Waals surface area contributed by atoms with Gasteiger partial charge in [0, 0.05) is 17.0 Å². The third-order valence-electron chi connectivity index (χ3n) is 3.46. The van der Waals surface area contributed by atoms with Gasteiger partial charge in [0.05, 0.1) is 18.2 Å². The van der Waals surface area contributed by atoms with E-state index in [2.05, 4.69) is 9.72 Å². The molecule has 24 heavy (non-hydrogen) atoms. The van der Waals surface area contributed by atoms with Crippen LogP contribution in [0.25, 0.3) is 10.9 Å². The summed E-state index contributed by atoms with van der Waals surface area (Å²) in [7, 11) is 1.29. The van der Waals surface area contributed by atoms with Gasteiger partial charge in [0.15, 0.2) is 0 Å². The minimum atomic E-state index is -0.650. The van der Waals surface area contributed by atoms with Crippen molar-refractivity contribution in [3.8, 4) is 5.75 Å². The van der Waals surface area contributed by atoms with E-state index >= 15 is 0 Å². The molecule has 6 heteroatoms. The smallest absolute Gasteiger partial charge is 0.344 e. The number of esters is 2. The van der Waals surface area contributed by atoms with Crippen LogP contribution < -0.4 is 10.3 Å². The molecular weight excluding hydrogens is 310 g/mol. The monoisotopic (exact) mass is 323 g/mol. The lowest BCUT2D eigenvalue weighted by Crippen LogP contribution is -2.15. The topological polar surface area (TPSA) is 85.5 Å². The highest BCUT2D eigenvalue weighted by atomic mass is 16.5. The standard InChI is InChI=1S/C18H13NO5/c1-23-17(21)11-6-8-12(9-7-11)24-18(22)14-10-16(20)19-15-5-3-2-4-13(14)15/h2-10H,1H3,(H,19,20). The summed E-state index contributed by atoms with van der Waals surface area (Å²) in [6.45, 7) is 0. The van der Waals surface area contributed by atoms with Gasteiger partial charge in [-0.05, 0) is 30.3 Å². The highest BCUT2D eigenvalue weighted by molar-refractivity contribution is 6.04. The van der Waals surface area contributed by atoms with Gasteiger partial charge in [0.25, 0.3) is 0 Å². The van der Waals surface area contributed by atoms with Crippen LogP contribution >= 0.6 is 0 Å². The molecule has 3 aromatic rings. The van der Waals surface area contributed by atoms with Crippen molar-refractivity contribution in [1.29, 1.82) is 0 Å². The van der Waals surface area contributed by atoms with Crippen LogP contribution in [0.15, 0.2) is 59.4 Å². The summed E-state index contributed by atoms with van der Waals surface area (Å²) in [5, 5.41) is 0.591. The van der Waals surface area contributed by atoms with Gasteiger partial charge in [-0.2, -0.15) is 0 Å². The first-order chi connectivity index (χ1) is 11.6. The van der Waals surface area contributed by atoms with Crippen LogP contribution in [-0.4, -0.2) is 24.0 Å². The summed E-state index contributed by atoms with van der Waals surface area (Å²) >= 11 is 0. The van der Waals surface area contributed by atoms with E-state index in [1.54, 1.807) is 24.3 Å². The molecule has 0 saturated heterocycles. The van der Waals surface area contributed by atoms with E-state index in [-0.39, 0.29) is 16.9 Å². The highest BCUT2D eigenvalue weighted by Crippen LogP contribution is 2.18. The quantitative estimate of drug-likeness (QED) is 0.591. The summed E-state index contributed by atoms with van der Waals surface area (Å²) < 4.78 is 9.89. The number of nitrogens with one attached hydrogen (secondary N) is 1. The van der Waals surface area contributed by atoms with Gasteiger partial charge >= 0.3 is 11.9 Å². The van der Waals surface area contributed by atoms with E-state index in [1.807, 2.05) is 0 Å². The maximum absolute atomic E-state index is 12.4. The number of carbonyl (C=O) groups is 2. The zero-order valence-electron chi connectivity index (χ0n) is 12.7. The SMILES string of the molecule is COC(=O)c1ccc(OC(=O)c2cc(=O)[nH]c3ccccc23)cc1. The van der Waals surface area contributed by atoms with Gasteiger partial charge in [-0.1, -0.05) is 18.2 Å². The minimum Gasteiger partial charge on any atom is -0.465 e. The number of rotatable bonds is 3. The molecule has 6 nitrogen and oxygen atoms in total. The van der Waals surface area contributed by atoms with Gasteiger partial charge in [0.2, 0.25) is 5.56 Å². The summed E-state index contributed by atoms with van der Waals surface area (Å²) in [5.74, 6) is -0.867. The number of ether oxygens (including phenoxy) is 2. The van der Waals surface area contributed by atoms with Crippen molar-refractivity contribution in [3.63, 3.8) is 0 Å². The third kappa shape index (κ3) is 3.03. The van der Waals surface area contributed by atoms with Crippen LogP contribution in [0, 0.1) is 0 Å². The Morgan fingerprint density at radius 2 is 1.67 bits per heavy atom. The summed E-state index contributed by atoms with van der Waals surface area (Å²) in [5.41, 5.74) is 0.685. The number of pyridine rings is 1. The number of carbonyl (C=O) groups excluding carboxylic acids is 2. The molecule has 1 N–H and O–H groups in total. The Labute approximate surface area is 136 Å². The predicted molar refractivity (Wildman–Crippen MR) is 87.3 cm³/mol. The largest absolute Gasteiger partial charge is 0.465 e. The molecule has 0 fully saturated rings. The number of para-hydroxylation sites is 1. The lowest BCUT2D eigenvalue weighted by molar-refractivity contribution is 0.0600. The normalized spacial score (nSPS) is 10.4. The van der Waals surface area contributed by atoms with Crippen LogP contribution in [0.1, 0.15) is 20.7 Å². The molecule has 0 aliphatic heterocycles. The van der Waals surface area contributed by atoms with Crippen molar-refractivity contribution >= 4 is 22.8 Å². The molecular formula is C18H13NO5. The fourth-order valence-electron chi connectivity index (χ4n) is 2.31. The Bertz CT molecular complexity index is 973. The average molecular weight is 323 g/mol. The Hall–Kier alpha value is -3.41. The van der Waals surface area contributed by atoms with Gasteiger partial charge in [-0.3, -0.25) is 4.79 Å². The number of fused-ring (bicyclic) bond motifs is 1. The Morgan fingerprint density at radius 3 is 2.38 bits per heavy atom. The lowest BCUT2D eigenvalue weighted by Gasteiger charge is -2.07. The molecule has 0 aliphatic rings. The number of methoxy groups -OCH3 is 1. The van der Waals surface area contributed by atoms with Crippen LogP contribution in [0.2, 0.25) is 0 Å². The number of H-pyrrole nitrogens is 1. The zero-order valence-corrected chi connectivity index (χ0v) is 12.7. The molecule has 0 radical (unpaired) electrons. The van der Waals surface area contributed by atoms with Crippen LogP contribution in [-0.2, 0) is 4.74 Å². The molecule has 0 saturated carbocycles. The Kier molecular flexibility index (Phi) is 4.11. The van der Waals surface area contributed by atoms with Crippen LogP contribution in [0.5, 0.6) is 5.75 Å². The molecule has 1 heterocycles. The fraction of sp³-hybridized carbons (Fsp3) is 0.0556. The number of aromatic nitrogens is 1. The second-order valence-electron chi connectivity index (χ2n) is 5.00. The van der Waals surface area contributed by atoms with Crippen molar-refractivity contribution in [3.05, 3.63) is 76.1 Å². The van der Waals surface area contributed by atoms with Crippen molar-refractivity contribution in [1.82, 2.24) is 4.98 Å². The molecule has 120 valence electrons. The first kappa shape index (κ1) is 15.5. The molecule has 3 rings (SSSR count). The molecule has 0 unspecified atom stereocenters. The van der Waals surface area contributed by atoms with E-state index in [9.17, 15) is 14.4 Å². The third-order valence-corrected chi connectivity index (χ3v) is 3.46. The second-order valence-corrected chi connectivity index (χ2v) is 5.00. The van der Waals surface area contributed by atoms with Gasteiger partial charge < -0.3 is 14.5 Å². The van der Waals surface area contributed by atoms with Crippen molar-refractivity contribution in [2.24, 2.45) is 0 Å². The van der Waals surface area contributed by atoms with Crippen LogP contribution in [0.4, 0.5) is 0 Å². The molecule has 0 aliphatic carbocycles. The van der Waals surface area contributed by atoms with Gasteiger partial charge in [-0.25, -0.2) is 9.59 Å². The Morgan fingerprint density at radius 1 is 0.958 bits per heavy atom. The predicted octanol–water partition coefficient (Wildman–Crippen LogP) is 2.53. The molecule has 0 amide bonds. The van der Waals surface area contributed by atoms with Gasteiger partial charge in [-0.15, -0.1) is 0 Å². The number of benzene rings is 2. The van der Waals surface area contributed by atoms with Crippen LogP contribution in [0.3, 0.4) is 0 Å². The van der Waals surface area contributed by atoms with Crippen molar-refractivity contribution in [2.45, 2.75) is 0 Å². The summed E-state index contributed by atoms with van der Waals surface area (Å²) in [6.07, 6.45) is 0. The van der Waals surface area contributed by atoms with Crippen molar-refractivity contribution in [2.75, 3.05) is 7.11 Å². The molecule has 0 atom stereocenters. The second kappa shape index (κ2) is 6.37. The fourth-order valence-corrected chi connectivity index (χ4v) is 2.31. The number of aromatic amines is 1. The average Bonchev–Trinajstić information content (AvgIpc) is 2.60. The minimum absolute atomic E-state index is 0.173. The maximum atomic E-state index is 12.4. The first-order valence-electron chi connectivity index (χ1n) is 7.11. The Balaban J connectivity index is 1.90. The van der Waals surface area contributed by atoms with E-state index in [4.69, 9.17) is 4.74 Å². The summed E-state index contributed by atoms with van der Waals surface area (Å²) in [6, 6.07) is 14.1. The maximum Gasteiger partial charge on any atom is 0.344 e. The molecule has 2 aromatic carbocycles. The summed E-state index contributed by atoms with van der Waals surface area (Å²) in [4.78, 5) is 38.1. The zero-order chi connectivity index (χ0) is 17.1. The number of hydrogen-bond donors (Lipinski definition) is 1.